The molecule has 0 atom stereocenters. The molecule has 0 bridgehead atoms. The highest BCUT2D eigenvalue weighted by Crippen LogP contribution is 2.28. The van der Waals surface area contributed by atoms with Gasteiger partial charge in [-0.15, -0.1) is 0 Å². The molecule has 166 valence electrons. The number of nitrogens with zero attached hydrogens (tertiary/aromatic N) is 5. The summed E-state index contributed by atoms with van der Waals surface area (Å²) in [4.78, 5) is 12.8. The number of nitrogen functional groups attached to an aromatic ring is 1. The predicted octanol–water partition coefficient (Wildman–Crippen LogP) is 3.17. The van der Waals surface area contributed by atoms with Crippen molar-refractivity contribution in [2.45, 2.75) is 26.3 Å². The van der Waals surface area contributed by atoms with Crippen LogP contribution in [0.3, 0.4) is 0 Å². The average molecular weight is 457 g/mol. The van der Waals surface area contributed by atoms with Crippen LogP contribution in [-0.4, -0.2) is 38.9 Å². The number of pyridine rings is 1. The maximum Gasteiger partial charge on any atom is 0.309 e. The molecule has 32 heavy (non-hydrogen) atoms. The summed E-state index contributed by atoms with van der Waals surface area (Å²) in [6.45, 7) is 2.04. The number of rotatable bonds is 8. The summed E-state index contributed by atoms with van der Waals surface area (Å²) in [6, 6.07) is 9.95. The van der Waals surface area contributed by atoms with E-state index in [9.17, 15) is 12.8 Å². The highest BCUT2D eigenvalue weighted by molar-refractivity contribution is 7.87. The van der Waals surface area contributed by atoms with Gasteiger partial charge in [0.2, 0.25) is 5.75 Å². The normalized spacial score (nSPS) is 11.7. The number of benzene rings is 1. The van der Waals surface area contributed by atoms with E-state index in [1.165, 1.54) is 12.3 Å². The first-order valence-electron chi connectivity index (χ1n) is 9.98. The molecule has 3 heterocycles. The predicted molar refractivity (Wildman–Crippen MR) is 118 cm³/mol. The molecule has 9 nitrogen and oxygen atoms in total. The Morgan fingerprint density at radius 1 is 1.16 bits per heavy atom. The van der Waals surface area contributed by atoms with Crippen molar-refractivity contribution < 1.29 is 17.0 Å². The van der Waals surface area contributed by atoms with Crippen LogP contribution in [0.15, 0.2) is 48.8 Å². The van der Waals surface area contributed by atoms with Gasteiger partial charge in [0.15, 0.2) is 17.3 Å². The second kappa shape index (κ2) is 8.87. The molecule has 11 heteroatoms. The van der Waals surface area contributed by atoms with Crippen molar-refractivity contribution in [2.24, 2.45) is 0 Å². The van der Waals surface area contributed by atoms with Gasteiger partial charge in [-0.1, -0.05) is 31.5 Å². The van der Waals surface area contributed by atoms with Gasteiger partial charge in [0.1, 0.15) is 11.5 Å². The number of fused-ring (bicyclic) bond motifs is 1. The minimum absolute atomic E-state index is 0.124. The van der Waals surface area contributed by atoms with E-state index in [-0.39, 0.29) is 35.5 Å². The Kier molecular flexibility index (Phi) is 5.99. The number of aromatic nitrogens is 5. The van der Waals surface area contributed by atoms with Crippen LogP contribution >= 0.6 is 0 Å². The van der Waals surface area contributed by atoms with E-state index in [1.54, 1.807) is 41.2 Å². The van der Waals surface area contributed by atoms with Crippen LogP contribution in [0.2, 0.25) is 0 Å². The molecule has 2 N–H and O–H groups in total. The minimum Gasteiger partial charge on any atom is -0.380 e. The van der Waals surface area contributed by atoms with Gasteiger partial charge >= 0.3 is 10.1 Å². The van der Waals surface area contributed by atoms with Crippen molar-refractivity contribution in [3.05, 3.63) is 60.2 Å². The number of hydrogen-bond acceptors (Lipinski definition) is 8. The Bertz CT molecular complexity index is 1370. The van der Waals surface area contributed by atoms with Gasteiger partial charge in [0, 0.05) is 11.8 Å². The molecule has 0 amide bonds. The maximum atomic E-state index is 14.1. The smallest absolute Gasteiger partial charge is 0.309 e. The second-order valence-corrected chi connectivity index (χ2v) is 8.80. The number of halogens is 1. The molecule has 1 aromatic carbocycles. The lowest BCUT2D eigenvalue weighted by atomic mass is 10.2. The van der Waals surface area contributed by atoms with Gasteiger partial charge in [0.05, 0.1) is 23.9 Å². The topological polar surface area (TPSA) is 126 Å². The molecule has 4 aromatic rings. The zero-order valence-electron chi connectivity index (χ0n) is 17.3. The van der Waals surface area contributed by atoms with Crippen LogP contribution in [0.5, 0.6) is 5.75 Å². The minimum atomic E-state index is -3.79. The lowest BCUT2D eigenvalue weighted by Gasteiger charge is -2.08. The molecule has 0 fully saturated rings. The van der Waals surface area contributed by atoms with E-state index in [1.807, 2.05) is 6.92 Å². The zero-order valence-corrected chi connectivity index (χ0v) is 18.1. The Morgan fingerprint density at radius 3 is 2.72 bits per heavy atom. The fraction of sp³-hybridized carbons (Fsp3) is 0.238. The van der Waals surface area contributed by atoms with Crippen molar-refractivity contribution in [3.63, 3.8) is 0 Å². The van der Waals surface area contributed by atoms with E-state index in [0.717, 1.165) is 0 Å². The number of nitrogens with two attached hydrogens (primary N) is 1. The Hall–Kier alpha value is -3.60. The SMILES string of the molecule is CCCCS(=O)(=O)Oc1cnc(-c2nn(Cc3ccccc3F)c3ncccc23)nc1N. The first-order valence-corrected chi connectivity index (χ1v) is 11.6. The fourth-order valence-corrected chi connectivity index (χ4v) is 4.26. The molecular weight excluding hydrogens is 435 g/mol. The first-order chi connectivity index (χ1) is 15.4. The van der Waals surface area contributed by atoms with Crippen molar-refractivity contribution in [2.75, 3.05) is 11.5 Å². The largest absolute Gasteiger partial charge is 0.380 e. The van der Waals surface area contributed by atoms with Crippen molar-refractivity contribution in [3.8, 4) is 17.3 Å². The molecule has 0 saturated carbocycles. The van der Waals surface area contributed by atoms with E-state index in [4.69, 9.17) is 9.92 Å². The van der Waals surface area contributed by atoms with Gasteiger partial charge in [-0.05, 0) is 24.6 Å². The number of hydrogen-bond donors (Lipinski definition) is 1. The summed E-state index contributed by atoms with van der Waals surface area (Å²) < 4.78 is 44.9. The van der Waals surface area contributed by atoms with Crippen LogP contribution in [0.4, 0.5) is 10.2 Å². The first kappa shape index (κ1) is 21.6. The Morgan fingerprint density at radius 2 is 1.97 bits per heavy atom. The summed E-state index contributed by atoms with van der Waals surface area (Å²) in [5.41, 5.74) is 7.31. The quantitative estimate of drug-likeness (QED) is 0.401. The third-order valence-electron chi connectivity index (χ3n) is 4.74. The third kappa shape index (κ3) is 4.52. The molecule has 3 aromatic heterocycles. The Balaban J connectivity index is 1.70. The summed E-state index contributed by atoms with van der Waals surface area (Å²) in [7, 11) is -3.79. The summed E-state index contributed by atoms with van der Waals surface area (Å²) >= 11 is 0. The van der Waals surface area contributed by atoms with Gasteiger partial charge in [-0.3, -0.25) is 0 Å². The van der Waals surface area contributed by atoms with Crippen molar-refractivity contribution in [1.29, 1.82) is 0 Å². The highest BCUT2D eigenvalue weighted by atomic mass is 32.2. The van der Waals surface area contributed by atoms with Crippen molar-refractivity contribution >= 4 is 27.0 Å². The molecule has 0 aliphatic carbocycles. The van der Waals surface area contributed by atoms with Gasteiger partial charge < -0.3 is 9.92 Å². The van der Waals surface area contributed by atoms with Crippen LogP contribution < -0.4 is 9.92 Å². The summed E-state index contributed by atoms with van der Waals surface area (Å²) in [5.74, 6) is -0.568. The molecule has 4 rings (SSSR count). The lowest BCUT2D eigenvalue weighted by molar-refractivity contribution is 0.482. The molecule has 0 unspecified atom stereocenters. The van der Waals surface area contributed by atoms with Gasteiger partial charge in [-0.25, -0.2) is 24.0 Å². The van der Waals surface area contributed by atoms with Crippen LogP contribution in [0.1, 0.15) is 25.3 Å². The monoisotopic (exact) mass is 456 g/mol. The van der Waals surface area contributed by atoms with E-state index in [2.05, 4.69) is 20.1 Å². The second-order valence-electron chi connectivity index (χ2n) is 7.11. The van der Waals surface area contributed by atoms with E-state index in [0.29, 0.717) is 35.1 Å². The molecule has 0 aliphatic rings. The van der Waals surface area contributed by atoms with Gasteiger partial charge in [-0.2, -0.15) is 13.5 Å². The van der Waals surface area contributed by atoms with E-state index >= 15 is 0 Å². The van der Waals surface area contributed by atoms with Gasteiger partial charge in [0.25, 0.3) is 0 Å². The summed E-state index contributed by atoms with van der Waals surface area (Å²) in [6.07, 6.45) is 4.00. The fourth-order valence-electron chi connectivity index (χ4n) is 3.13. The number of anilines is 1. The summed E-state index contributed by atoms with van der Waals surface area (Å²) in [5, 5.41) is 5.18. The van der Waals surface area contributed by atoms with Crippen LogP contribution in [-0.2, 0) is 16.7 Å². The molecular formula is C21H21FN6O3S. The maximum absolute atomic E-state index is 14.1. The standard InChI is InChI=1S/C21H21FN6O3S/c1-2-3-11-32(29,30)31-17-12-25-20(26-19(17)23)18-15-8-6-10-24-21(15)28(27-18)13-14-7-4-5-9-16(14)22/h4-10,12H,2-3,11,13H2,1H3,(H2,23,25,26). The molecule has 0 spiro atoms. The third-order valence-corrected chi connectivity index (χ3v) is 5.97. The highest BCUT2D eigenvalue weighted by Gasteiger charge is 2.20. The number of unbranched alkanes of at least 4 members (excludes halogenated alkanes) is 1. The van der Waals surface area contributed by atoms with Crippen LogP contribution in [0, 0.1) is 5.82 Å². The molecule has 0 radical (unpaired) electrons. The molecule has 0 aliphatic heterocycles. The Labute approximate surface area is 184 Å². The van der Waals surface area contributed by atoms with E-state index < -0.39 is 10.1 Å². The zero-order chi connectivity index (χ0) is 22.7. The van der Waals surface area contributed by atoms with Crippen molar-refractivity contribution in [1.82, 2.24) is 24.7 Å². The average Bonchev–Trinajstić information content (AvgIpc) is 3.14. The van der Waals surface area contributed by atoms with Crippen LogP contribution in [0.25, 0.3) is 22.6 Å². The lowest BCUT2D eigenvalue weighted by Crippen LogP contribution is -2.15. The molecule has 0 saturated heterocycles.